The van der Waals surface area contributed by atoms with E-state index in [1.165, 1.54) is 0 Å². The van der Waals surface area contributed by atoms with E-state index in [-0.39, 0.29) is 0 Å². The smallest absolute Gasteiger partial charge is 0.308 e. The molecule has 2 nitrogen and oxygen atoms in total. The van der Waals surface area contributed by atoms with Crippen LogP contribution in [0.2, 0.25) is 0 Å². The molecule has 0 saturated heterocycles. The number of alkyl halides is 4. The number of hydrogen-bond acceptors (Lipinski definition) is 1. The number of halogens is 4. The number of hydrogen-bond donors (Lipinski definition) is 1. The van der Waals surface area contributed by atoms with E-state index < -0.39 is 31.1 Å². The highest BCUT2D eigenvalue weighted by atomic mass is 127. The predicted octanol–water partition coefficient (Wildman–Crippen LogP) is 3.17. The molecule has 0 aromatic rings. The van der Waals surface area contributed by atoms with E-state index in [9.17, 15) is 13.6 Å². The molecule has 0 heterocycles. The third kappa shape index (κ3) is 2.14. The van der Waals surface area contributed by atoms with Gasteiger partial charge in [-0.05, 0) is 33.9 Å². The SMILES string of the molecule is CC1(C)C(C(=O)O)C1C(I)C(F)(F)I. The molecule has 1 N–H and O–H groups in total. The standard InChI is InChI=1S/C8H10F2I2O2/c1-7(2)3(4(7)6(13)14)5(11)8(9,10)12/h3-5H,1-2H3,(H,13,14). The number of carboxylic acid groups (broad SMARTS) is 1. The lowest BCUT2D eigenvalue weighted by Gasteiger charge is -2.16. The molecule has 0 aromatic heterocycles. The van der Waals surface area contributed by atoms with Crippen LogP contribution in [-0.2, 0) is 4.79 Å². The van der Waals surface area contributed by atoms with Crippen molar-refractivity contribution in [2.75, 3.05) is 0 Å². The summed E-state index contributed by atoms with van der Waals surface area (Å²) < 4.78 is 22.2. The molecule has 0 amide bonds. The van der Waals surface area contributed by atoms with Crippen LogP contribution in [0.5, 0.6) is 0 Å². The summed E-state index contributed by atoms with van der Waals surface area (Å²) in [7, 11) is 0. The second kappa shape index (κ2) is 3.67. The van der Waals surface area contributed by atoms with Crippen molar-refractivity contribution in [1.29, 1.82) is 0 Å². The van der Waals surface area contributed by atoms with E-state index in [2.05, 4.69) is 0 Å². The number of rotatable bonds is 3. The van der Waals surface area contributed by atoms with Gasteiger partial charge in [0.25, 0.3) is 0 Å². The molecular weight excluding hydrogens is 420 g/mol. The molecule has 1 fully saturated rings. The van der Waals surface area contributed by atoms with Gasteiger partial charge in [-0.3, -0.25) is 4.79 Å². The predicted molar refractivity (Wildman–Crippen MR) is 65.2 cm³/mol. The second-order valence-corrected chi connectivity index (χ2v) is 6.89. The maximum absolute atomic E-state index is 13.0. The Balaban J connectivity index is 2.79. The molecule has 0 aliphatic heterocycles. The third-order valence-electron chi connectivity index (χ3n) is 2.80. The first kappa shape index (κ1) is 12.9. The van der Waals surface area contributed by atoms with Gasteiger partial charge in [0.2, 0.25) is 0 Å². The first-order valence-electron chi connectivity index (χ1n) is 4.03. The van der Waals surface area contributed by atoms with Crippen molar-refractivity contribution in [3.63, 3.8) is 0 Å². The number of carbonyl (C=O) groups is 1. The lowest BCUT2D eigenvalue weighted by atomic mass is 10.1. The first-order chi connectivity index (χ1) is 6.10. The minimum absolute atomic E-state index is 0.438. The summed E-state index contributed by atoms with van der Waals surface area (Å²) in [6.45, 7) is 3.45. The molecule has 82 valence electrons. The van der Waals surface area contributed by atoms with Crippen LogP contribution in [0.15, 0.2) is 0 Å². The zero-order valence-corrected chi connectivity index (χ0v) is 11.9. The van der Waals surface area contributed by atoms with Crippen LogP contribution < -0.4 is 0 Å². The van der Waals surface area contributed by atoms with Crippen molar-refractivity contribution in [1.82, 2.24) is 0 Å². The van der Waals surface area contributed by atoms with Gasteiger partial charge in [-0.2, -0.15) is 8.78 Å². The van der Waals surface area contributed by atoms with Crippen LogP contribution in [0, 0.1) is 17.3 Å². The summed E-state index contributed by atoms with van der Waals surface area (Å²) in [5, 5.41) is 8.82. The molecule has 14 heavy (non-hydrogen) atoms. The van der Waals surface area contributed by atoms with Gasteiger partial charge < -0.3 is 5.11 Å². The van der Waals surface area contributed by atoms with Crippen molar-refractivity contribution in [2.24, 2.45) is 17.3 Å². The highest BCUT2D eigenvalue weighted by molar-refractivity contribution is 14.1. The molecule has 6 heteroatoms. The van der Waals surface area contributed by atoms with Crippen LogP contribution in [0.4, 0.5) is 8.78 Å². The Kier molecular flexibility index (Phi) is 3.37. The normalized spacial score (nSPS) is 32.4. The van der Waals surface area contributed by atoms with E-state index in [0.29, 0.717) is 0 Å². The van der Waals surface area contributed by atoms with Gasteiger partial charge in [0.15, 0.2) is 0 Å². The molecular formula is C8H10F2I2O2. The molecule has 3 atom stereocenters. The largest absolute Gasteiger partial charge is 0.481 e. The van der Waals surface area contributed by atoms with Crippen LogP contribution in [-0.4, -0.2) is 18.9 Å². The fourth-order valence-corrected chi connectivity index (χ4v) is 3.63. The summed E-state index contributed by atoms with van der Waals surface area (Å²) >= 11 is 2.73. The molecule has 0 spiro atoms. The molecule has 0 bridgehead atoms. The lowest BCUT2D eigenvalue weighted by molar-refractivity contribution is -0.139. The van der Waals surface area contributed by atoms with E-state index in [0.717, 1.165) is 22.6 Å². The Morgan fingerprint density at radius 2 is 2.00 bits per heavy atom. The lowest BCUT2D eigenvalue weighted by Crippen LogP contribution is -2.25. The van der Waals surface area contributed by atoms with Crippen molar-refractivity contribution >= 4 is 51.2 Å². The average molecular weight is 430 g/mol. The maximum Gasteiger partial charge on any atom is 0.308 e. The Morgan fingerprint density at radius 1 is 1.57 bits per heavy atom. The van der Waals surface area contributed by atoms with E-state index in [1.54, 1.807) is 36.4 Å². The summed E-state index contributed by atoms with van der Waals surface area (Å²) in [4.78, 5) is 10.8. The van der Waals surface area contributed by atoms with Crippen molar-refractivity contribution in [3.05, 3.63) is 0 Å². The molecule has 3 unspecified atom stereocenters. The van der Waals surface area contributed by atoms with Crippen LogP contribution in [0.1, 0.15) is 13.8 Å². The van der Waals surface area contributed by atoms with Gasteiger partial charge in [0.1, 0.15) is 0 Å². The van der Waals surface area contributed by atoms with Gasteiger partial charge >= 0.3 is 9.90 Å². The fraction of sp³-hybridized carbons (Fsp3) is 0.875. The Morgan fingerprint density at radius 3 is 2.21 bits per heavy atom. The topological polar surface area (TPSA) is 37.3 Å². The minimum atomic E-state index is -2.84. The Labute approximate surface area is 108 Å². The van der Waals surface area contributed by atoms with E-state index in [1.807, 2.05) is 0 Å². The van der Waals surface area contributed by atoms with Crippen LogP contribution >= 0.6 is 45.2 Å². The fourth-order valence-electron chi connectivity index (χ4n) is 1.90. The molecule has 1 saturated carbocycles. The monoisotopic (exact) mass is 430 g/mol. The third-order valence-corrected chi connectivity index (χ3v) is 6.22. The minimum Gasteiger partial charge on any atom is -0.481 e. The Hall–Kier alpha value is 0.790. The highest BCUT2D eigenvalue weighted by Crippen LogP contribution is 2.64. The first-order valence-corrected chi connectivity index (χ1v) is 6.36. The van der Waals surface area contributed by atoms with Crippen LogP contribution in [0.25, 0.3) is 0 Å². The van der Waals surface area contributed by atoms with Gasteiger partial charge in [-0.1, -0.05) is 36.4 Å². The van der Waals surface area contributed by atoms with E-state index in [4.69, 9.17) is 5.11 Å². The summed E-state index contributed by atoms with van der Waals surface area (Å²) in [6, 6.07) is 0. The van der Waals surface area contributed by atoms with Gasteiger partial charge in [-0.25, -0.2) is 0 Å². The van der Waals surface area contributed by atoms with Gasteiger partial charge in [-0.15, -0.1) is 0 Å². The van der Waals surface area contributed by atoms with E-state index >= 15 is 0 Å². The second-order valence-electron chi connectivity index (χ2n) is 4.11. The molecule has 1 aliphatic carbocycles. The average Bonchev–Trinajstić information content (AvgIpc) is 2.49. The van der Waals surface area contributed by atoms with Crippen molar-refractivity contribution in [3.8, 4) is 0 Å². The highest BCUT2D eigenvalue weighted by Gasteiger charge is 2.68. The summed E-state index contributed by atoms with van der Waals surface area (Å²) in [5.41, 5.74) is -0.508. The van der Waals surface area contributed by atoms with Gasteiger partial charge in [0, 0.05) is 0 Å². The zero-order valence-electron chi connectivity index (χ0n) is 7.60. The van der Waals surface area contributed by atoms with Gasteiger partial charge in [0.05, 0.1) is 9.84 Å². The number of carboxylic acids is 1. The number of aliphatic carboxylic acids is 1. The summed E-state index contributed by atoms with van der Waals surface area (Å²) in [6.07, 6.45) is 0. The molecule has 0 aromatic carbocycles. The quantitative estimate of drug-likeness (QED) is 0.552. The summed E-state index contributed by atoms with van der Waals surface area (Å²) in [5.74, 6) is -2.04. The maximum atomic E-state index is 13.0. The Bertz CT molecular complexity index is 263. The molecule has 1 aliphatic rings. The zero-order chi connectivity index (χ0) is 11.3. The van der Waals surface area contributed by atoms with Crippen molar-refractivity contribution < 1.29 is 18.7 Å². The molecule has 1 rings (SSSR count). The van der Waals surface area contributed by atoms with Crippen molar-refractivity contribution in [2.45, 2.75) is 21.7 Å². The molecule has 0 radical (unpaired) electrons. The van der Waals surface area contributed by atoms with Crippen LogP contribution in [0.3, 0.4) is 0 Å².